The predicted octanol–water partition coefficient (Wildman–Crippen LogP) is 7.68. The van der Waals surface area contributed by atoms with E-state index in [-0.39, 0.29) is 0 Å². The molecule has 0 radical (unpaired) electrons. The highest BCUT2D eigenvalue weighted by molar-refractivity contribution is 9.08. The lowest BCUT2D eigenvalue weighted by Crippen LogP contribution is -1.87. The summed E-state index contributed by atoms with van der Waals surface area (Å²) in [4.78, 5) is 7.49. The van der Waals surface area contributed by atoms with E-state index in [4.69, 9.17) is 4.98 Å². The Bertz CT molecular complexity index is 1250. The number of halogens is 1. The fourth-order valence-electron chi connectivity index (χ4n) is 3.47. The first kappa shape index (κ1) is 16.7. The molecule has 3 aromatic carbocycles. The Morgan fingerprint density at radius 1 is 0.667 bits per heavy atom. The van der Waals surface area contributed by atoms with Gasteiger partial charge in [-0.25, -0.2) is 4.98 Å². The Morgan fingerprint density at radius 3 is 2.11 bits per heavy atom. The molecule has 130 valence electrons. The maximum atomic E-state index is 5.01. The molecule has 2 aromatic heterocycles. The van der Waals surface area contributed by atoms with Crippen LogP contribution in [0.25, 0.3) is 42.7 Å². The van der Waals surface area contributed by atoms with Crippen molar-refractivity contribution in [3.05, 3.63) is 90.5 Å². The SMILES string of the molecule is BrCc1ccc(-c2ccc(-c3nc4ccccc4c4ccccc34)s2)cc1. The number of fused-ring (bicyclic) bond motifs is 3. The lowest BCUT2D eigenvalue weighted by molar-refractivity contribution is 1.44. The van der Waals surface area contributed by atoms with Crippen LogP contribution in [-0.4, -0.2) is 4.98 Å². The highest BCUT2D eigenvalue weighted by Gasteiger charge is 2.12. The first-order valence-corrected chi connectivity index (χ1v) is 10.8. The van der Waals surface area contributed by atoms with Gasteiger partial charge in [0.05, 0.1) is 16.1 Å². The minimum Gasteiger partial charge on any atom is -0.246 e. The summed E-state index contributed by atoms with van der Waals surface area (Å²) in [6.07, 6.45) is 0. The number of aromatic nitrogens is 1. The van der Waals surface area contributed by atoms with Crippen LogP contribution in [0.15, 0.2) is 84.9 Å². The topological polar surface area (TPSA) is 12.9 Å². The second-order valence-electron chi connectivity index (χ2n) is 6.52. The fraction of sp³-hybridized carbons (Fsp3) is 0.0417. The van der Waals surface area contributed by atoms with Crippen LogP contribution in [0, 0.1) is 0 Å². The maximum Gasteiger partial charge on any atom is 0.0887 e. The van der Waals surface area contributed by atoms with Crippen molar-refractivity contribution in [1.82, 2.24) is 4.98 Å². The molecule has 0 spiro atoms. The van der Waals surface area contributed by atoms with E-state index in [9.17, 15) is 0 Å². The molecule has 5 rings (SSSR count). The number of hydrogen-bond donors (Lipinski definition) is 0. The number of para-hydroxylation sites is 1. The fourth-order valence-corrected chi connectivity index (χ4v) is 4.86. The molecule has 27 heavy (non-hydrogen) atoms. The van der Waals surface area contributed by atoms with E-state index < -0.39 is 0 Å². The van der Waals surface area contributed by atoms with Crippen molar-refractivity contribution >= 4 is 48.9 Å². The summed E-state index contributed by atoms with van der Waals surface area (Å²) in [6, 6.07) is 30.1. The second kappa shape index (κ2) is 6.91. The lowest BCUT2D eigenvalue weighted by atomic mass is 10.0. The first-order valence-electron chi connectivity index (χ1n) is 8.86. The van der Waals surface area contributed by atoms with Gasteiger partial charge in [-0.1, -0.05) is 82.7 Å². The molecule has 5 aromatic rings. The van der Waals surface area contributed by atoms with E-state index >= 15 is 0 Å². The van der Waals surface area contributed by atoms with Gasteiger partial charge in [-0.2, -0.15) is 0 Å². The normalized spacial score (nSPS) is 11.3. The van der Waals surface area contributed by atoms with Crippen LogP contribution >= 0.6 is 27.3 Å². The summed E-state index contributed by atoms with van der Waals surface area (Å²) in [5.41, 5.74) is 4.65. The number of hydrogen-bond acceptors (Lipinski definition) is 2. The third-order valence-corrected chi connectivity index (χ3v) is 6.63. The second-order valence-corrected chi connectivity index (χ2v) is 8.16. The van der Waals surface area contributed by atoms with Crippen LogP contribution in [0.4, 0.5) is 0 Å². The summed E-state index contributed by atoms with van der Waals surface area (Å²) >= 11 is 5.31. The molecule has 0 bridgehead atoms. The molecule has 1 nitrogen and oxygen atoms in total. The molecule has 0 aliphatic heterocycles. The van der Waals surface area contributed by atoms with Gasteiger partial charge in [-0.15, -0.1) is 11.3 Å². The van der Waals surface area contributed by atoms with Gasteiger partial charge in [0.1, 0.15) is 0 Å². The minimum atomic E-state index is 0.885. The van der Waals surface area contributed by atoms with Crippen LogP contribution in [-0.2, 0) is 5.33 Å². The van der Waals surface area contributed by atoms with Gasteiger partial charge in [0.15, 0.2) is 0 Å². The molecule has 0 unspecified atom stereocenters. The van der Waals surface area contributed by atoms with Crippen molar-refractivity contribution < 1.29 is 0 Å². The van der Waals surface area contributed by atoms with E-state index in [2.05, 4.69) is 101 Å². The van der Waals surface area contributed by atoms with E-state index in [0.717, 1.165) is 16.5 Å². The monoisotopic (exact) mass is 429 g/mol. The molecule has 0 aliphatic carbocycles. The number of benzene rings is 3. The largest absolute Gasteiger partial charge is 0.246 e. The van der Waals surface area contributed by atoms with Crippen molar-refractivity contribution in [2.24, 2.45) is 0 Å². The quantitative estimate of drug-likeness (QED) is 0.211. The van der Waals surface area contributed by atoms with Gasteiger partial charge in [0, 0.05) is 21.0 Å². The molecule has 2 heterocycles. The summed E-state index contributed by atoms with van der Waals surface area (Å²) in [6.45, 7) is 0. The Kier molecular flexibility index (Phi) is 4.27. The number of rotatable bonds is 3. The average Bonchev–Trinajstić information content (AvgIpc) is 3.23. The molecule has 0 aliphatic rings. The van der Waals surface area contributed by atoms with E-state index in [1.807, 2.05) is 0 Å². The van der Waals surface area contributed by atoms with Crippen molar-refractivity contribution in [3.8, 4) is 21.0 Å². The number of alkyl halides is 1. The van der Waals surface area contributed by atoms with Crippen LogP contribution < -0.4 is 0 Å². The molecule has 3 heteroatoms. The molecule has 0 atom stereocenters. The smallest absolute Gasteiger partial charge is 0.0887 e. The molecule has 0 N–H and O–H groups in total. The third kappa shape index (κ3) is 2.97. The summed E-state index contributed by atoms with van der Waals surface area (Å²) in [7, 11) is 0. The van der Waals surface area contributed by atoms with Crippen LogP contribution in [0.2, 0.25) is 0 Å². The highest BCUT2D eigenvalue weighted by Crippen LogP contribution is 2.38. The molecular formula is C24H16BrNS. The summed E-state index contributed by atoms with van der Waals surface area (Å²) in [5.74, 6) is 0. The maximum absolute atomic E-state index is 5.01. The zero-order valence-electron chi connectivity index (χ0n) is 14.5. The number of pyridine rings is 1. The third-order valence-electron chi connectivity index (χ3n) is 4.84. The lowest BCUT2D eigenvalue weighted by Gasteiger charge is -2.08. The molecule has 0 saturated heterocycles. The van der Waals surface area contributed by atoms with Crippen LogP contribution in [0.3, 0.4) is 0 Å². The standard InChI is InChI=1S/C24H16BrNS/c25-15-16-9-11-17(12-10-16)22-13-14-23(27-22)24-20-7-2-1-5-18(20)19-6-3-4-8-21(19)26-24/h1-14H,15H2. The van der Waals surface area contributed by atoms with Crippen molar-refractivity contribution in [2.45, 2.75) is 5.33 Å². The number of nitrogens with zero attached hydrogens (tertiary/aromatic N) is 1. The molecular weight excluding hydrogens is 414 g/mol. The van der Waals surface area contributed by atoms with E-state index in [1.54, 1.807) is 11.3 Å². The van der Waals surface area contributed by atoms with Gasteiger partial charge in [-0.05, 0) is 34.7 Å². The number of thiophene rings is 1. The zero-order valence-corrected chi connectivity index (χ0v) is 16.9. The Hall–Kier alpha value is -2.49. The first-order chi connectivity index (χ1) is 13.3. The zero-order chi connectivity index (χ0) is 18.2. The highest BCUT2D eigenvalue weighted by atomic mass is 79.9. The van der Waals surface area contributed by atoms with Crippen molar-refractivity contribution in [2.75, 3.05) is 0 Å². The molecule has 0 saturated carbocycles. The Labute approximate surface area is 170 Å². The van der Waals surface area contributed by atoms with Crippen molar-refractivity contribution in [1.29, 1.82) is 0 Å². The van der Waals surface area contributed by atoms with Gasteiger partial charge in [0.2, 0.25) is 0 Å². The van der Waals surface area contributed by atoms with E-state index in [1.165, 1.54) is 37.0 Å². The average molecular weight is 430 g/mol. The van der Waals surface area contributed by atoms with Gasteiger partial charge >= 0.3 is 0 Å². The van der Waals surface area contributed by atoms with Crippen LogP contribution in [0.1, 0.15) is 5.56 Å². The predicted molar refractivity (Wildman–Crippen MR) is 121 cm³/mol. The van der Waals surface area contributed by atoms with Gasteiger partial charge in [0.25, 0.3) is 0 Å². The van der Waals surface area contributed by atoms with E-state index in [0.29, 0.717) is 0 Å². The Morgan fingerprint density at radius 2 is 1.33 bits per heavy atom. The minimum absolute atomic E-state index is 0.885. The summed E-state index contributed by atoms with van der Waals surface area (Å²) in [5, 5.41) is 4.56. The molecule has 0 amide bonds. The van der Waals surface area contributed by atoms with Crippen molar-refractivity contribution in [3.63, 3.8) is 0 Å². The van der Waals surface area contributed by atoms with Crippen LogP contribution in [0.5, 0.6) is 0 Å². The Balaban J connectivity index is 1.68. The van der Waals surface area contributed by atoms with Gasteiger partial charge < -0.3 is 0 Å². The van der Waals surface area contributed by atoms with Gasteiger partial charge in [-0.3, -0.25) is 0 Å². The summed E-state index contributed by atoms with van der Waals surface area (Å²) < 4.78 is 0. The molecule has 0 fully saturated rings.